The molecule has 0 amide bonds. The van der Waals surface area contributed by atoms with E-state index in [1.54, 1.807) is 0 Å². The van der Waals surface area contributed by atoms with E-state index >= 15 is 0 Å². The third-order valence-electron chi connectivity index (χ3n) is 11.2. The van der Waals surface area contributed by atoms with Crippen molar-refractivity contribution >= 4 is 71.3 Å². The molecule has 0 spiro atoms. The van der Waals surface area contributed by atoms with Crippen LogP contribution in [0.2, 0.25) is 0 Å². The quantitative estimate of drug-likeness (QED) is 0.160. The number of hydrogen-bond acceptors (Lipinski definition) is 2. The first kappa shape index (κ1) is 32.0. The Morgan fingerprint density at radius 1 is 0.286 bits per heavy atom. The van der Waals surface area contributed by atoms with Crippen LogP contribution >= 0.6 is 0 Å². The van der Waals surface area contributed by atoms with Gasteiger partial charge in [0.25, 0.3) is 0 Å². The summed E-state index contributed by atoms with van der Waals surface area (Å²) < 4.78 is 6.23. The van der Waals surface area contributed by atoms with Crippen molar-refractivity contribution in [2.45, 2.75) is 0 Å². The molecule has 1 heterocycles. The summed E-state index contributed by atoms with van der Waals surface area (Å²) in [5, 5.41) is 9.93. The molecule has 2 nitrogen and oxygen atoms in total. The molecule has 0 aliphatic rings. The van der Waals surface area contributed by atoms with Crippen molar-refractivity contribution < 1.29 is 4.42 Å². The minimum Gasteiger partial charge on any atom is -0.456 e. The Kier molecular flexibility index (Phi) is 7.53. The van der Waals surface area contributed by atoms with E-state index in [-0.39, 0.29) is 0 Å². The molecule has 56 heavy (non-hydrogen) atoms. The Hall–Kier alpha value is -7.42. The van der Waals surface area contributed by atoms with Crippen molar-refractivity contribution in [2.75, 3.05) is 4.90 Å². The average Bonchev–Trinajstić information content (AvgIpc) is 3.66. The molecule has 262 valence electrons. The van der Waals surface area contributed by atoms with Gasteiger partial charge in [-0.2, -0.15) is 0 Å². The van der Waals surface area contributed by atoms with Crippen LogP contribution in [0.4, 0.5) is 17.1 Å². The fourth-order valence-corrected chi connectivity index (χ4v) is 8.52. The van der Waals surface area contributed by atoms with Crippen molar-refractivity contribution in [3.05, 3.63) is 212 Å². The third-order valence-corrected chi connectivity index (χ3v) is 11.2. The van der Waals surface area contributed by atoms with Gasteiger partial charge in [0.2, 0.25) is 0 Å². The summed E-state index contributed by atoms with van der Waals surface area (Å²) in [4.78, 5) is 2.36. The Balaban J connectivity index is 1.01. The van der Waals surface area contributed by atoms with E-state index < -0.39 is 0 Å². The molecule has 0 N–H and O–H groups in total. The fourth-order valence-electron chi connectivity index (χ4n) is 8.52. The molecule has 1 aromatic heterocycles. The molecule has 0 radical (unpaired) electrons. The summed E-state index contributed by atoms with van der Waals surface area (Å²) in [5.41, 5.74) is 12.1. The molecule has 0 aliphatic carbocycles. The van der Waals surface area contributed by atoms with E-state index in [9.17, 15) is 0 Å². The molecule has 0 saturated heterocycles. The maximum absolute atomic E-state index is 6.23. The molecular weight excluding hydrogens is 679 g/mol. The average molecular weight is 714 g/mol. The maximum Gasteiger partial charge on any atom is 0.136 e. The van der Waals surface area contributed by atoms with Crippen LogP contribution in [0.1, 0.15) is 0 Å². The number of anilines is 3. The van der Waals surface area contributed by atoms with Crippen LogP contribution in [0.3, 0.4) is 0 Å². The SMILES string of the molecule is c1ccc(-c2cccc(N(c3ccc(-c4ccc5ccc6ccc7ccccc7c6c5c4)cc3)c3ccc(-c4cccc5oc6ccccc6c45)cc3)c2)cc1. The number of nitrogens with zero attached hydrogens (tertiary/aromatic N) is 1. The smallest absolute Gasteiger partial charge is 0.136 e. The fraction of sp³-hybridized carbons (Fsp3) is 0. The van der Waals surface area contributed by atoms with Gasteiger partial charge >= 0.3 is 0 Å². The number of para-hydroxylation sites is 1. The Labute approximate surface area is 325 Å². The van der Waals surface area contributed by atoms with Crippen LogP contribution in [-0.2, 0) is 0 Å². The molecule has 0 saturated carbocycles. The second kappa shape index (κ2) is 13.2. The van der Waals surface area contributed by atoms with Crippen molar-refractivity contribution in [1.29, 1.82) is 0 Å². The zero-order valence-electron chi connectivity index (χ0n) is 30.6. The van der Waals surface area contributed by atoms with E-state index in [1.807, 2.05) is 12.1 Å². The second-order valence-electron chi connectivity index (χ2n) is 14.5. The summed E-state index contributed by atoms with van der Waals surface area (Å²) in [6.45, 7) is 0. The lowest BCUT2D eigenvalue weighted by molar-refractivity contribution is 0.669. The minimum atomic E-state index is 0.903. The van der Waals surface area contributed by atoms with Gasteiger partial charge in [-0.1, -0.05) is 158 Å². The van der Waals surface area contributed by atoms with E-state index in [0.717, 1.165) is 50.1 Å². The number of rotatable bonds is 6. The molecule has 0 fully saturated rings. The van der Waals surface area contributed by atoms with Crippen LogP contribution < -0.4 is 4.90 Å². The van der Waals surface area contributed by atoms with Gasteiger partial charge in [-0.25, -0.2) is 0 Å². The highest BCUT2D eigenvalue weighted by Crippen LogP contribution is 2.41. The lowest BCUT2D eigenvalue weighted by Crippen LogP contribution is -2.10. The minimum absolute atomic E-state index is 0.903. The molecule has 2 heteroatoms. The molecule has 0 atom stereocenters. The van der Waals surface area contributed by atoms with Gasteiger partial charge in [-0.05, 0) is 120 Å². The molecule has 0 aliphatic heterocycles. The lowest BCUT2D eigenvalue weighted by Gasteiger charge is -2.26. The summed E-state index contributed by atoms with van der Waals surface area (Å²) in [6, 6.07) is 76.5. The van der Waals surface area contributed by atoms with Gasteiger partial charge < -0.3 is 9.32 Å². The van der Waals surface area contributed by atoms with E-state index in [4.69, 9.17) is 4.42 Å². The van der Waals surface area contributed by atoms with Crippen LogP contribution in [0.15, 0.2) is 217 Å². The second-order valence-corrected chi connectivity index (χ2v) is 14.5. The number of benzene rings is 10. The standard InChI is InChI=1S/C54H35NO/c1-2-10-36(11-3-1)42-13-8-14-46(34-42)55(45-32-28-39(29-33-45)48-17-9-19-52-54(48)49-16-6-7-18-51(49)56-52)44-30-26-37(27-31-44)43-25-22-40-21-24-41-23-20-38-12-4-5-15-47(38)53(41)50(40)35-43/h1-35H. The van der Waals surface area contributed by atoms with Gasteiger partial charge in [0, 0.05) is 27.8 Å². The van der Waals surface area contributed by atoms with Gasteiger partial charge in [-0.15, -0.1) is 0 Å². The molecule has 11 aromatic rings. The van der Waals surface area contributed by atoms with Crippen LogP contribution in [-0.4, -0.2) is 0 Å². The highest BCUT2D eigenvalue weighted by Gasteiger charge is 2.17. The first-order valence-electron chi connectivity index (χ1n) is 19.2. The number of fused-ring (bicyclic) bond motifs is 8. The summed E-state index contributed by atoms with van der Waals surface area (Å²) in [7, 11) is 0. The summed E-state index contributed by atoms with van der Waals surface area (Å²) >= 11 is 0. The highest BCUT2D eigenvalue weighted by atomic mass is 16.3. The Bertz CT molecular complexity index is 3230. The van der Waals surface area contributed by atoms with Crippen LogP contribution in [0.25, 0.3) is 87.6 Å². The summed E-state index contributed by atoms with van der Waals surface area (Å²) in [5.74, 6) is 0. The molecule has 0 bridgehead atoms. The summed E-state index contributed by atoms with van der Waals surface area (Å²) in [6.07, 6.45) is 0. The molecule has 0 unspecified atom stereocenters. The molecular formula is C54H35NO. The first-order valence-corrected chi connectivity index (χ1v) is 19.2. The predicted octanol–water partition coefficient (Wildman–Crippen LogP) is 15.5. The number of hydrogen-bond donors (Lipinski definition) is 0. The van der Waals surface area contributed by atoms with Crippen LogP contribution in [0.5, 0.6) is 0 Å². The van der Waals surface area contributed by atoms with E-state index in [0.29, 0.717) is 0 Å². The van der Waals surface area contributed by atoms with Crippen molar-refractivity contribution in [1.82, 2.24) is 0 Å². The monoisotopic (exact) mass is 713 g/mol. The zero-order chi connectivity index (χ0) is 37.0. The molecule has 11 rings (SSSR count). The Morgan fingerprint density at radius 2 is 0.839 bits per heavy atom. The van der Waals surface area contributed by atoms with Crippen LogP contribution in [0, 0.1) is 0 Å². The maximum atomic E-state index is 6.23. The lowest BCUT2D eigenvalue weighted by atomic mass is 9.94. The first-order chi connectivity index (χ1) is 27.7. The zero-order valence-corrected chi connectivity index (χ0v) is 30.6. The normalized spacial score (nSPS) is 11.6. The van der Waals surface area contributed by atoms with Gasteiger partial charge in [0.05, 0.1) is 0 Å². The Morgan fingerprint density at radius 3 is 1.64 bits per heavy atom. The molecule has 10 aromatic carbocycles. The number of furan rings is 1. The van der Waals surface area contributed by atoms with Crippen molar-refractivity contribution in [3.63, 3.8) is 0 Å². The van der Waals surface area contributed by atoms with E-state index in [2.05, 4.69) is 205 Å². The highest BCUT2D eigenvalue weighted by molar-refractivity contribution is 6.20. The van der Waals surface area contributed by atoms with Gasteiger partial charge in [-0.3, -0.25) is 0 Å². The van der Waals surface area contributed by atoms with Gasteiger partial charge in [0.15, 0.2) is 0 Å². The predicted molar refractivity (Wildman–Crippen MR) is 237 cm³/mol. The third kappa shape index (κ3) is 5.42. The van der Waals surface area contributed by atoms with Crippen molar-refractivity contribution in [3.8, 4) is 33.4 Å². The van der Waals surface area contributed by atoms with Crippen molar-refractivity contribution in [2.24, 2.45) is 0 Å². The largest absolute Gasteiger partial charge is 0.456 e. The van der Waals surface area contributed by atoms with E-state index in [1.165, 1.54) is 54.6 Å². The topological polar surface area (TPSA) is 16.4 Å². The van der Waals surface area contributed by atoms with Gasteiger partial charge in [0.1, 0.15) is 11.2 Å².